The standard InChI is InChI=1S/C10H15F2N3O3/c11-8(12)5-16-2-1-9-14-10(18-15-9)6-3-17-4-7(6)13/h6-8H,1-5,13H2. The van der Waals surface area contributed by atoms with Crippen molar-refractivity contribution < 1.29 is 22.8 Å². The van der Waals surface area contributed by atoms with Gasteiger partial charge in [0, 0.05) is 12.5 Å². The molecule has 0 spiro atoms. The fourth-order valence-electron chi connectivity index (χ4n) is 1.68. The van der Waals surface area contributed by atoms with E-state index in [1.807, 2.05) is 0 Å². The smallest absolute Gasteiger partial charge is 0.261 e. The summed E-state index contributed by atoms with van der Waals surface area (Å²) < 4.78 is 38.6. The Labute approximate surface area is 102 Å². The third kappa shape index (κ3) is 3.44. The minimum atomic E-state index is -2.46. The van der Waals surface area contributed by atoms with E-state index in [1.54, 1.807) is 0 Å². The molecule has 1 fully saturated rings. The lowest BCUT2D eigenvalue weighted by Crippen LogP contribution is -2.27. The van der Waals surface area contributed by atoms with Crippen LogP contribution in [-0.2, 0) is 15.9 Å². The summed E-state index contributed by atoms with van der Waals surface area (Å²) in [5.41, 5.74) is 5.81. The fourth-order valence-corrected chi connectivity index (χ4v) is 1.68. The van der Waals surface area contributed by atoms with E-state index in [4.69, 9.17) is 19.7 Å². The molecule has 2 N–H and O–H groups in total. The number of aromatic nitrogens is 2. The number of alkyl halides is 2. The topological polar surface area (TPSA) is 83.4 Å². The van der Waals surface area contributed by atoms with Crippen LogP contribution in [0.4, 0.5) is 8.78 Å². The van der Waals surface area contributed by atoms with Gasteiger partial charge in [0.05, 0.1) is 25.7 Å². The second-order valence-corrected chi connectivity index (χ2v) is 4.07. The van der Waals surface area contributed by atoms with Crippen LogP contribution < -0.4 is 5.73 Å². The lowest BCUT2D eigenvalue weighted by atomic mass is 10.1. The maximum atomic E-state index is 11.8. The molecule has 0 aromatic carbocycles. The van der Waals surface area contributed by atoms with Crippen LogP contribution in [0, 0.1) is 0 Å². The molecule has 0 saturated carbocycles. The van der Waals surface area contributed by atoms with E-state index >= 15 is 0 Å². The molecule has 1 aromatic heterocycles. The molecule has 0 bridgehead atoms. The Kier molecular flexibility index (Phi) is 4.56. The van der Waals surface area contributed by atoms with Crippen molar-refractivity contribution in [1.29, 1.82) is 0 Å². The molecule has 0 radical (unpaired) electrons. The van der Waals surface area contributed by atoms with Gasteiger partial charge >= 0.3 is 0 Å². The highest BCUT2D eigenvalue weighted by Gasteiger charge is 2.31. The average molecular weight is 263 g/mol. The van der Waals surface area contributed by atoms with E-state index < -0.39 is 13.0 Å². The lowest BCUT2D eigenvalue weighted by molar-refractivity contribution is 0.0182. The predicted molar refractivity (Wildman–Crippen MR) is 56.4 cm³/mol. The van der Waals surface area contributed by atoms with Crippen molar-refractivity contribution in [2.45, 2.75) is 24.8 Å². The van der Waals surface area contributed by atoms with Gasteiger partial charge in [0.1, 0.15) is 6.61 Å². The van der Waals surface area contributed by atoms with Gasteiger partial charge in [-0.2, -0.15) is 4.98 Å². The largest absolute Gasteiger partial charge is 0.379 e. The van der Waals surface area contributed by atoms with Crippen LogP contribution >= 0.6 is 0 Å². The zero-order valence-corrected chi connectivity index (χ0v) is 9.72. The van der Waals surface area contributed by atoms with Crippen molar-refractivity contribution in [3.63, 3.8) is 0 Å². The van der Waals surface area contributed by atoms with Gasteiger partial charge in [-0.15, -0.1) is 0 Å². The maximum Gasteiger partial charge on any atom is 0.261 e. The zero-order chi connectivity index (χ0) is 13.0. The van der Waals surface area contributed by atoms with Gasteiger partial charge in [-0.05, 0) is 0 Å². The van der Waals surface area contributed by atoms with E-state index in [0.29, 0.717) is 31.3 Å². The molecular formula is C10H15F2N3O3. The van der Waals surface area contributed by atoms with E-state index in [2.05, 4.69) is 10.1 Å². The minimum absolute atomic E-state index is 0.0896. The molecule has 0 aliphatic carbocycles. The Bertz CT molecular complexity index is 375. The minimum Gasteiger partial charge on any atom is -0.379 e. The first kappa shape index (κ1) is 13.3. The molecule has 2 heterocycles. The highest BCUT2D eigenvalue weighted by Crippen LogP contribution is 2.22. The first-order valence-electron chi connectivity index (χ1n) is 5.68. The van der Waals surface area contributed by atoms with Crippen LogP contribution in [0.5, 0.6) is 0 Å². The van der Waals surface area contributed by atoms with E-state index in [-0.39, 0.29) is 18.6 Å². The summed E-state index contributed by atoms with van der Waals surface area (Å²) in [6.45, 7) is 0.493. The van der Waals surface area contributed by atoms with Crippen LogP contribution in [0.3, 0.4) is 0 Å². The molecule has 1 saturated heterocycles. The highest BCUT2D eigenvalue weighted by molar-refractivity contribution is 5.01. The molecule has 8 heteroatoms. The predicted octanol–water partition coefficient (Wildman–Crippen LogP) is 0.335. The summed E-state index contributed by atoms with van der Waals surface area (Å²) >= 11 is 0. The van der Waals surface area contributed by atoms with Crippen molar-refractivity contribution >= 4 is 0 Å². The average Bonchev–Trinajstić information content (AvgIpc) is 2.92. The first-order valence-corrected chi connectivity index (χ1v) is 5.68. The van der Waals surface area contributed by atoms with Gasteiger partial charge in [0.25, 0.3) is 6.43 Å². The van der Waals surface area contributed by atoms with Crippen LogP contribution in [0.2, 0.25) is 0 Å². The van der Waals surface area contributed by atoms with Gasteiger partial charge in [0.2, 0.25) is 5.89 Å². The van der Waals surface area contributed by atoms with Crippen molar-refractivity contribution in [2.75, 3.05) is 26.4 Å². The lowest BCUT2D eigenvalue weighted by Gasteiger charge is -2.06. The number of halogens is 2. The van der Waals surface area contributed by atoms with E-state index in [1.165, 1.54) is 0 Å². The second-order valence-electron chi connectivity index (χ2n) is 4.07. The maximum absolute atomic E-state index is 11.8. The molecule has 1 aliphatic rings. The summed E-state index contributed by atoms with van der Waals surface area (Å²) in [5, 5.41) is 3.75. The molecule has 0 amide bonds. The van der Waals surface area contributed by atoms with Crippen molar-refractivity contribution in [3.05, 3.63) is 11.7 Å². The summed E-state index contributed by atoms with van der Waals surface area (Å²) in [6.07, 6.45) is -2.13. The Hall–Kier alpha value is -1.12. The summed E-state index contributed by atoms with van der Waals surface area (Å²) in [6, 6.07) is -0.145. The number of hydrogen-bond acceptors (Lipinski definition) is 6. The number of hydrogen-bond donors (Lipinski definition) is 1. The summed E-state index contributed by atoms with van der Waals surface area (Å²) in [5.74, 6) is 0.774. The molecule has 2 rings (SSSR count). The Morgan fingerprint density at radius 2 is 2.28 bits per heavy atom. The Morgan fingerprint density at radius 1 is 1.44 bits per heavy atom. The first-order chi connectivity index (χ1) is 8.66. The molecule has 2 unspecified atom stereocenters. The third-order valence-corrected chi connectivity index (χ3v) is 2.64. The molecular weight excluding hydrogens is 248 g/mol. The monoisotopic (exact) mass is 263 g/mol. The van der Waals surface area contributed by atoms with Gasteiger partial charge in [0.15, 0.2) is 5.82 Å². The molecule has 18 heavy (non-hydrogen) atoms. The van der Waals surface area contributed by atoms with E-state index in [0.717, 1.165) is 0 Å². The molecule has 102 valence electrons. The summed E-state index contributed by atoms with van der Waals surface area (Å²) in [4.78, 5) is 4.15. The number of nitrogens with two attached hydrogens (primary N) is 1. The van der Waals surface area contributed by atoms with Crippen LogP contribution in [0.1, 0.15) is 17.6 Å². The van der Waals surface area contributed by atoms with Crippen molar-refractivity contribution in [3.8, 4) is 0 Å². The molecule has 1 aromatic rings. The SMILES string of the molecule is NC1COCC1c1nc(CCOCC(F)F)no1. The zero-order valence-electron chi connectivity index (χ0n) is 9.72. The van der Waals surface area contributed by atoms with E-state index in [9.17, 15) is 8.78 Å². The second kappa shape index (κ2) is 6.17. The van der Waals surface area contributed by atoms with Crippen molar-refractivity contribution in [1.82, 2.24) is 10.1 Å². The summed E-state index contributed by atoms with van der Waals surface area (Å²) in [7, 11) is 0. The Balaban J connectivity index is 1.79. The van der Waals surface area contributed by atoms with Crippen LogP contribution in [-0.4, -0.2) is 49.0 Å². The number of rotatable bonds is 6. The normalized spacial score (nSPS) is 24.0. The van der Waals surface area contributed by atoms with Crippen LogP contribution in [0.15, 0.2) is 4.52 Å². The number of nitrogens with zero attached hydrogens (tertiary/aromatic N) is 2. The molecule has 1 aliphatic heterocycles. The fraction of sp³-hybridized carbons (Fsp3) is 0.800. The molecule has 2 atom stereocenters. The van der Waals surface area contributed by atoms with Gasteiger partial charge in [-0.1, -0.05) is 5.16 Å². The van der Waals surface area contributed by atoms with Crippen molar-refractivity contribution in [2.24, 2.45) is 5.73 Å². The molecule has 6 nitrogen and oxygen atoms in total. The quantitative estimate of drug-likeness (QED) is 0.745. The van der Waals surface area contributed by atoms with Gasteiger partial charge in [-0.25, -0.2) is 8.78 Å². The van der Waals surface area contributed by atoms with Gasteiger partial charge < -0.3 is 19.7 Å². The Morgan fingerprint density at radius 3 is 2.94 bits per heavy atom. The van der Waals surface area contributed by atoms with Gasteiger partial charge in [-0.3, -0.25) is 0 Å². The number of ether oxygens (including phenoxy) is 2. The highest BCUT2D eigenvalue weighted by atomic mass is 19.3. The van der Waals surface area contributed by atoms with Crippen LogP contribution in [0.25, 0.3) is 0 Å². The third-order valence-electron chi connectivity index (χ3n) is 2.64.